The first kappa shape index (κ1) is 14.5. The lowest BCUT2D eigenvalue weighted by Crippen LogP contribution is -2.58. The van der Waals surface area contributed by atoms with Gasteiger partial charge in [-0.3, -0.25) is 4.90 Å². The maximum absolute atomic E-state index is 5.18. The molecule has 1 atom stereocenters. The zero-order valence-electron chi connectivity index (χ0n) is 12.4. The normalized spacial score (nSPS) is 23.4. The van der Waals surface area contributed by atoms with Crippen LogP contribution in [0.15, 0.2) is 30.3 Å². The number of methoxy groups -OCH3 is 1. The highest BCUT2D eigenvalue weighted by atomic mass is 16.5. The number of hydrogen-bond acceptors (Lipinski definition) is 3. The van der Waals surface area contributed by atoms with Crippen molar-refractivity contribution >= 4 is 0 Å². The highest BCUT2D eigenvalue weighted by molar-refractivity contribution is 5.20. The molecule has 3 nitrogen and oxygen atoms in total. The highest BCUT2D eigenvalue weighted by Gasteiger charge is 2.32. The molecule has 0 amide bonds. The molecular weight excluding hydrogens is 236 g/mol. The molecule has 1 aliphatic heterocycles. The van der Waals surface area contributed by atoms with E-state index < -0.39 is 0 Å². The second-order valence-electron chi connectivity index (χ2n) is 6.01. The van der Waals surface area contributed by atoms with Crippen LogP contribution >= 0.6 is 0 Å². The number of benzene rings is 1. The maximum atomic E-state index is 5.18. The van der Waals surface area contributed by atoms with Gasteiger partial charge >= 0.3 is 0 Å². The van der Waals surface area contributed by atoms with E-state index in [4.69, 9.17) is 4.74 Å². The minimum atomic E-state index is 0.193. The van der Waals surface area contributed by atoms with Crippen LogP contribution in [0, 0.1) is 0 Å². The number of ether oxygens (including phenoxy) is 1. The van der Waals surface area contributed by atoms with Gasteiger partial charge in [0.2, 0.25) is 0 Å². The van der Waals surface area contributed by atoms with Crippen molar-refractivity contribution in [3.05, 3.63) is 35.9 Å². The Morgan fingerprint density at radius 2 is 2.05 bits per heavy atom. The molecule has 1 aromatic carbocycles. The Labute approximate surface area is 116 Å². The molecule has 1 aromatic rings. The van der Waals surface area contributed by atoms with Crippen molar-refractivity contribution in [3.8, 4) is 0 Å². The molecule has 1 unspecified atom stereocenters. The van der Waals surface area contributed by atoms with Gasteiger partial charge in [-0.15, -0.1) is 0 Å². The summed E-state index contributed by atoms with van der Waals surface area (Å²) in [6, 6.07) is 11.3. The number of nitrogens with zero attached hydrogens (tertiary/aromatic N) is 1. The largest absolute Gasteiger partial charge is 0.385 e. The number of piperazine rings is 1. The van der Waals surface area contributed by atoms with E-state index in [9.17, 15) is 0 Å². The summed E-state index contributed by atoms with van der Waals surface area (Å²) in [6.45, 7) is 8.58. The van der Waals surface area contributed by atoms with Gasteiger partial charge in [-0.2, -0.15) is 0 Å². The van der Waals surface area contributed by atoms with E-state index in [-0.39, 0.29) is 5.54 Å². The molecule has 1 aliphatic rings. The fourth-order valence-corrected chi connectivity index (χ4v) is 2.83. The van der Waals surface area contributed by atoms with Gasteiger partial charge in [0.1, 0.15) is 0 Å². The van der Waals surface area contributed by atoms with Gasteiger partial charge in [-0.1, -0.05) is 30.3 Å². The molecule has 2 rings (SSSR count). The Kier molecular flexibility index (Phi) is 4.97. The third-order valence-electron chi connectivity index (χ3n) is 3.79. The van der Waals surface area contributed by atoms with Crippen molar-refractivity contribution in [1.29, 1.82) is 0 Å². The van der Waals surface area contributed by atoms with Gasteiger partial charge in [-0.05, 0) is 25.8 Å². The van der Waals surface area contributed by atoms with Crippen LogP contribution < -0.4 is 5.32 Å². The molecular formula is C16H26N2O. The zero-order chi connectivity index (χ0) is 13.7. The summed E-state index contributed by atoms with van der Waals surface area (Å²) < 4.78 is 5.18. The first-order valence-electron chi connectivity index (χ1n) is 7.15. The highest BCUT2D eigenvalue weighted by Crippen LogP contribution is 2.26. The first-order valence-corrected chi connectivity index (χ1v) is 7.15. The molecule has 0 spiro atoms. The Morgan fingerprint density at radius 3 is 2.74 bits per heavy atom. The summed E-state index contributed by atoms with van der Waals surface area (Å²) in [5, 5.41) is 3.65. The molecule has 1 saturated heterocycles. The van der Waals surface area contributed by atoms with Crippen LogP contribution in [0.25, 0.3) is 0 Å². The minimum absolute atomic E-state index is 0.193. The topological polar surface area (TPSA) is 24.5 Å². The molecule has 3 heteroatoms. The van der Waals surface area contributed by atoms with Gasteiger partial charge in [0.15, 0.2) is 0 Å². The fourth-order valence-electron chi connectivity index (χ4n) is 2.83. The Morgan fingerprint density at radius 1 is 1.32 bits per heavy atom. The molecule has 0 aliphatic carbocycles. The number of hydrogen-bond donors (Lipinski definition) is 1. The Hall–Kier alpha value is -0.900. The second kappa shape index (κ2) is 6.51. The van der Waals surface area contributed by atoms with E-state index in [0.29, 0.717) is 6.04 Å². The summed E-state index contributed by atoms with van der Waals surface area (Å²) in [4.78, 5) is 2.59. The molecule has 1 N–H and O–H groups in total. The monoisotopic (exact) mass is 262 g/mol. The molecule has 0 aromatic heterocycles. The lowest BCUT2D eigenvalue weighted by atomic mass is 9.94. The molecule has 106 valence electrons. The third-order valence-corrected chi connectivity index (χ3v) is 3.79. The Balaban J connectivity index is 2.06. The maximum Gasteiger partial charge on any atom is 0.0474 e. The SMILES string of the molecule is COCCCN1CC(C)(C)NCC1c1ccccc1. The van der Waals surface area contributed by atoms with Gasteiger partial charge in [0.05, 0.1) is 0 Å². The fraction of sp³-hybridized carbons (Fsp3) is 0.625. The van der Waals surface area contributed by atoms with Crippen molar-refractivity contribution in [2.75, 3.05) is 33.4 Å². The van der Waals surface area contributed by atoms with Crippen LogP contribution in [0.1, 0.15) is 31.9 Å². The van der Waals surface area contributed by atoms with Crippen LogP contribution in [0.2, 0.25) is 0 Å². The quantitative estimate of drug-likeness (QED) is 0.825. The van der Waals surface area contributed by atoms with Crippen LogP contribution in [0.5, 0.6) is 0 Å². The summed E-state index contributed by atoms with van der Waals surface area (Å²) in [7, 11) is 1.77. The number of rotatable bonds is 5. The van der Waals surface area contributed by atoms with Gasteiger partial charge in [0, 0.05) is 44.9 Å². The van der Waals surface area contributed by atoms with E-state index >= 15 is 0 Å². The molecule has 19 heavy (non-hydrogen) atoms. The summed E-state index contributed by atoms with van der Waals surface area (Å²) in [5.74, 6) is 0. The molecule has 1 heterocycles. The zero-order valence-corrected chi connectivity index (χ0v) is 12.4. The number of nitrogens with one attached hydrogen (secondary N) is 1. The van der Waals surface area contributed by atoms with Gasteiger partial charge in [-0.25, -0.2) is 0 Å². The summed E-state index contributed by atoms with van der Waals surface area (Å²) in [6.07, 6.45) is 1.09. The van der Waals surface area contributed by atoms with Crippen LogP contribution in [0.3, 0.4) is 0 Å². The molecule has 0 saturated carbocycles. The molecule has 0 radical (unpaired) electrons. The van der Waals surface area contributed by atoms with Crippen molar-refractivity contribution in [2.45, 2.75) is 31.8 Å². The average molecular weight is 262 g/mol. The van der Waals surface area contributed by atoms with E-state index in [0.717, 1.165) is 32.7 Å². The van der Waals surface area contributed by atoms with Crippen LogP contribution in [0.4, 0.5) is 0 Å². The molecule has 0 bridgehead atoms. The predicted octanol–water partition coefficient (Wildman–Crippen LogP) is 2.45. The third kappa shape index (κ3) is 4.03. The molecule has 1 fully saturated rings. The predicted molar refractivity (Wildman–Crippen MR) is 79.3 cm³/mol. The van der Waals surface area contributed by atoms with Gasteiger partial charge in [0.25, 0.3) is 0 Å². The van der Waals surface area contributed by atoms with Crippen LogP contribution in [-0.4, -0.2) is 43.8 Å². The minimum Gasteiger partial charge on any atom is -0.385 e. The van der Waals surface area contributed by atoms with Gasteiger partial charge < -0.3 is 10.1 Å². The van der Waals surface area contributed by atoms with Crippen LogP contribution in [-0.2, 0) is 4.74 Å². The standard InChI is InChI=1S/C16H26N2O/c1-16(2)13-18(10-7-11-19-3)15(12-17-16)14-8-5-4-6-9-14/h4-6,8-9,15,17H,7,10-13H2,1-3H3. The van der Waals surface area contributed by atoms with E-state index in [1.807, 2.05) is 0 Å². The average Bonchev–Trinajstić information content (AvgIpc) is 2.39. The van der Waals surface area contributed by atoms with Crippen molar-refractivity contribution in [3.63, 3.8) is 0 Å². The Bertz CT molecular complexity index is 378. The second-order valence-corrected chi connectivity index (χ2v) is 6.01. The lowest BCUT2D eigenvalue weighted by molar-refractivity contribution is 0.0825. The first-order chi connectivity index (χ1) is 9.12. The smallest absolute Gasteiger partial charge is 0.0474 e. The summed E-state index contributed by atoms with van der Waals surface area (Å²) in [5.41, 5.74) is 1.60. The summed E-state index contributed by atoms with van der Waals surface area (Å²) >= 11 is 0. The van der Waals surface area contributed by atoms with E-state index in [2.05, 4.69) is 54.4 Å². The van der Waals surface area contributed by atoms with E-state index in [1.165, 1.54) is 5.56 Å². The van der Waals surface area contributed by atoms with Crippen molar-refractivity contribution < 1.29 is 4.74 Å². The lowest BCUT2D eigenvalue weighted by Gasteiger charge is -2.45. The van der Waals surface area contributed by atoms with Crippen molar-refractivity contribution in [1.82, 2.24) is 10.2 Å². The van der Waals surface area contributed by atoms with E-state index in [1.54, 1.807) is 7.11 Å². The van der Waals surface area contributed by atoms with Crippen molar-refractivity contribution in [2.24, 2.45) is 0 Å².